The third kappa shape index (κ3) is 4.22. The third-order valence-electron chi connectivity index (χ3n) is 8.64. The molecular weight excluding hydrogens is 474 g/mol. The minimum absolute atomic E-state index is 0.103. The number of rotatable bonds is 7. The second kappa shape index (κ2) is 9.76. The van der Waals surface area contributed by atoms with E-state index in [0.717, 1.165) is 38.5 Å². The summed E-state index contributed by atoms with van der Waals surface area (Å²) in [5.41, 5.74) is -0.575. The fourth-order valence-electron chi connectivity index (χ4n) is 6.93. The van der Waals surface area contributed by atoms with E-state index >= 15 is 0 Å². The van der Waals surface area contributed by atoms with Crippen LogP contribution in [-0.4, -0.2) is 72.8 Å². The highest BCUT2D eigenvalue weighted by Crippen LogP contribution is 2.55. The van der Waals surface area contributed by atoms with Crippen molar-refractivity contribution in [1.82, 2.24) is 10.2 Å². The van der Waals surface area contributed by atoms with E-state index < -0.39 is 29.6 Å². The van der Waals surface area contributed by atoms with Crippen molar-refractivity contribution in [3.8, 4) is 5.75 Å². The Morgan fingerprint density at radius 2 is 1.97 bits per heavy atom. The monoisotopic (exact) mass is 509 g/mol. The van der Waals surface area contributed by atoms with Gasteiger partial charge in [-0.05, 0) is 37.8 Å². The van der Waals surface area contributed by atoms with Crippen LogP contribution < -0.4 is 15.4 Å². The Bertz CT molecular complexity index is 1100. The van der Waals surface area contributed by atoms with Crippen molar-refractivity contribution in [2.75, 3.05) is 25.6 Å². The SMILES string of the molecule is COc1cccc(NC(=O)C2C3C=CC4(O3)C2C(=O)N(CC2CCCO2)C4C(=O)NC2CCCCC2)c1. The average Bonchev–Trinajstić information content (AvgIpc) is 3.68. The maximum absolute atomic E-state index is 14.0. The molecule has 198 valence electrons. The van der Waals surface area contributed by atoms with E-state index in [1.54, 1.807) is 36.3 Å². The van der Waals surface area contributed by atoms with Crippen molar-refractivity contribution in [1.29, 1.82) is 0 Å². The Morgan fingerprint density at radius 3 is 2.73 bits per heavy atom. The van der Waals surface area contributed by atoms with Crippen molar-refractivity contribution in [2.24, 2.45) is 11.8 Å². The predicted octanol–water partition coefficient (Wildman–Crippen LogP) is 2.41. The molecule has 37 heavy (non-hydrogen) atoms. The number of fused-ring (bicyclic) bond motifs is 1. The van der Waals surface area contributed by atoms with Crippen LogP contribution in [-0.2, 0) is 23.9 Å². The van der Waals surface area contributed by atoms with Crippen molar-refractivity contribution in [3.63, 3.8) is 0 Å². The Kier molecular flexibility index (Phi) is 6.44. The van der Waals surface area contributed by atoms with Crippen LogP contribution in [0.25, 0.3) is 0 Å². The number of ether oxygens (including phenoxy) is 3. The summed E-state index contributed by atoms with van der Waals surface area (Å²) in [6.45, 7) is 0.982. The first-order valence-electron chi connectivity index (χ1n) is 13.5. The summed E-state index contributed by atoms with van der Waals surface area (Å²) in [6, 6.07) is 6.38. The standard InChI is InChI=1S/C28H35N3O6/c1-35-19-10-5-9-18(15-19)30-25(32)22-21-12-13-28(37-21)23(22)27(34)31(16-20-11-6-14-36-20)24(28)26(33)29-17-7-3-2-4-8-17/h5,9-10,12-13,15,17,20-24H,2-4,6-8,11,14,16H2,1H3,(H,29,33)(H,30,32). The first-order chi connectivity index (χ1) is 18.0. The molecule has 2 N–H and O–H groups in total. The highest BCUT2D eigenvalue weighted by Gasteiger charge is 2.73. The minimum atomic E-state index is -1.16. The van der Waals surface area contributed by atoms with Crippen molar-refractivity contribution < 1.29 is 28.6 Å². The number of anilines is 1. The summed E-state index contributed by atoms with van der Waals surface area (Å²) in [5, 5.41) is 6.16. The second-order valence-corrected chi connectivity index (χ2v) is 10.9. The van der Waals surface area contributed by atoms with Crippen LogP contribution in [0.2, 0.25) is 0 Å². The zero-order chi connectivity index (χ0) is 25.6. The third-order valence-corrected chi connectivity index (χ3v) is 8.64. The average molecular weight is 510 g/mol. The molecule has 6 unspecified atom stereocenters. The van der Waals surface area contributed by atoms with Gasteiger partial charge in [-0.1, -0.05) is 37.5 Å². The molecule has 9 heteroatoms. The molecule has 4 aliphatic heterocycles. The van der Waals surface area contributed by atoms with E-state index in [9.17, 15) is 14.4 Å². The number of methoxy groups -OCH3 is 1. The lowest BCUT2D eigenvalue weighted by Gasteiger charge is -2.34. The molecular formula is C28H35N3O6. The van der Waals surface area contributed by atoms with Crippen LogP contribution in [0.5, 0.6) is 5.75 Å². The van der Waals surface area contributed by atoms with Crippen LogP contribution >= 0.6 is 0 Å². The van der Waals surface area contributed by atoms with Crippen LogP contribution in [0, 0.1) is 11.8 Å². The molecule has 4 fully saturated rings. The highest BCUT2D eigenvalue weighted by molar-refractivity contribution is 6.02. The smallest absolute Gasteiger partial charge is 0.246 e. The summed E-state index contributed by atoms with van der Waals surface area (Å²) in [5.74, 6) is -1.58. The first kappa shape index (κ1) is 24.4. The normalized spacial score (nSPS) is 34.6. The quantitative estimate of drug-likeness (QED) is 0.547. The van der Waals surface area contributed by atoms with Gasteiger partial charge in [-0.3, -0.25) is 14.4 Å². The first-order valence-corrected chi connectivity index (χ1v) is 13.5. The van der Waals surface area contributed by atoms with Crippen LogP contribution in [0.15, 0.2) is 36.4 Å². The van der Waals surface area contributed by atoms with Gasteiger partial charge in [0.1, 0.15) is 17.4 Å². The molecule has 1 aromatic carbocycles. The summed E-state index contributed by atoms with van der Waals surface area (Å²) >= 11 is 0. The van der Waals surface area contributed by atoms with Crippen molar-refractivity contribution in [3.05, 3.63) is 36.4 Å². The van der Waals surface area contributed by atoms with Crippen LogP contribution in [0.4, 0.5) is 5.69 Å². The molecule has 6 rings (SSSR count). The Balaban J connectivity index is 1.29. The number of carbonyl (C=O) groups excluding carboxylic acids is 3. The van der Waals surface area contributed by atoms with Crippen molar-refractivity contribution in [2.45, 2.75) is 74.8 Å². The lowest BCUT2D eigenvalue weighted by molar-refractivity contribution is -0.143. The van der Waals surface area contributed by atoms with Gasteiger partial charge in [0.15, 0.2) is 0 Å². The number of benzene rings is 1. The highest BCUT2D eigenvalue weighted by atomic mass is 16.5. The second-order valence-electron chi connectivity index (χ2n) is 10.9. The number of carbonyl (C=O) groups is 3. The lowest BCUT2D eigenvalue weighted by Crippen LogP contribution is -2.57. The van der Waals surface area contributed by atoms with Gasteiger partial charge in [-0.25, -0.2) is 0 Å². The van der Waals surface area contributed by atoms with Gasteiger partial charge < -0.3 is 29.7 Å². The summed E-state index contributed by atoms with van der Waals surface area (Å²) in [7, 11) is 1.57. The number of likely N-dealkylation sites (tertiary alicyclic amines) is 1. The number of hydrogen-bond acceptors (Lipinski definition) is 6. The maximum Gasteiger partial charge on any atom is 0.246 e. The Hall–Kier alpha value is -2.91. The van der Waals surface area contributed by atoms with E-state index in [0.29, 0.717) is 24.6 Å². The molecule has 0 radical (unpaired) electrons. The number of nitrogens with one attached hydrogen (secondary N) is 2. The molecule has 1 aliphatic carbocycles. The molecule has 3 saturated heterocycles. The fraction of sp³-hybridized carbons (Fsp3) is 0.607. The van der Waals surface area contributed by atoms with Crippen molar-refractivity contribution >= 4 is 23.4 Å². The van der Waals surface area contributed by atoms with E-state index in [1.807, 2.05) is 12.2 Å². The van der Waals surface area contributed by atoms with Gasteiger partial charge in [-0.15, -0.1) is 0 Å². The van der Waals surface area contributed by atoms with Crippen LogP contribution in [0.1, 0.15) is 44.9 Å². The Morgan fingerprint density at radius 1 is 1.14 bits per heavy atom. The molecule has 0 aromatic heterocycles. The number of hydrogen-bond donors (Lipinski definition) is 2. The zero-order valence-electron chi connectivity index (χ0n) is 21.2. The largest absolute Gasteiger partial charge is 0.497 e. The molecule has 6 atom stereocenters. The molecule has 1 spiro atoms. The van der Waals surface area contributed by atoms with E-state index in [-0.39, 0.29) is 29.9 Å². The molecule has 9 nitrogen and oxygen atoms in total. The molecule has 1 aromatic rings. The molecule has 1 saturated carbocycles. The van der Waals surface area contributed by atoms with Gasteiger partial charge in [0.25, 0.3) is 0 Å². The zero-order valence-corrected chi connectivity index (χ0v) is 21.2. The lowest BCUT2D eigenvalue weighted by atomic mass is 9.74. The van der Waals surface area contributed by atoms with Gasteiger partial charge in [-0.2, -0.15) is 0 Å². The Labute approximate surface area is 216 Å². The molecule has 4 heterocycles. The fourth-order valence-corrected chi connectivity index (χ4v) is 6.93. The topological polar surface area (TPSA) is 106 Å². The summed E-state index contributed by atoms with van der Waals surface area (Å²) < 4.78 is 17.5. The summed E-state index contributed by atoms with van der Waals surface area (Å²) in [4.78, 5) is 43.1. The number of amides is 3. The van der Waals surface area contributed by atoms with E-state index in [1.165, 1.54) is 6.42 Å². The molecule has 3 amide bonds. The van der Waals surface area contributed by atoms with Crippen LogP contribution in [0.3, 0.4) is 0 Å². The molecule has 2 bridgehead atoms. The van der Waals surface area contributed by atoms with E-state index in [4.69, 9.17) is 14.2 Å². The molecule has 5 aliphatic rings. The van der Waals surface area contributed by atoms with Gasteiger partial charge in [0, 0.05) is 30.9 Å². The van der Waals surface area contributed by atoms with Gasteiger partial charge in [0.2, 0.25) is 17.7 Å². The van der Waals surface area contributed by atoms with Gasteiger partial charge >= 0.3 is 0 Å². The van der Waals surface area contributed by atoms with Gasteiger partial charge in [0.05, 0.1) is 31.2 Å². The minimum Gasteiger partial charge on any atom is -0.497 e. The van der Waals surface area contributed by atoms with E-state index in [2.05, 4.69) is 10.6 Å². The predicted molar refractivity (Wildman–Crippen MR) is 135 cm³/mol. The number of nitrogens with zero attached hydrogens (tertiary/aromatic N) is 1. The summed E-state index contributed by atoms with van der Waals surface area (Å²) in [6.07, 6.45) is 10.1. The maximum atomic E-state index is 14.0.